The molecular weight excluding hydrogens is 235 g/mol. The lowest BCUT2D eigenvalue weighted by Gasteiger charge is -1.96. The van der Waals surface area contributed by atoms with Crippen LogP contribution in [-0.4, -0.2) is 11.7 Å². The predicted molar refractivity (Wildman–Crippen MR) is 61.4 cm³/mol. The normalized spacial score (nSPS) is 11.1. The number of nitrogens with two attached hydrogens (primary N) is 1. The summed E-state index contributed by atoms with van der Waals surface area (Å²) in [5.41, 5.74) is 6.89. The highest BCUT2D eigenvalue weighted by atomic mass is 35.5. The highest BCUT2D eigenvalue weighted by Crippen LogP contribution is 2.30. The summed E-state index contributed by atoms with van der Waals surface area (Å²) in [5.74, 6) is 0. The molecule has 0 unspecified atom stereocenters. The first kappa shape index (κ1) is 10.7. The largest absolute Gasteiger partial charge is 0.354 e. The van der Waals surface area contributed by atoms with Crippen molar-refractivity contribution >= 4 is 34.2 Å². The van der Waals surface area contributed by atoms with Crippen molar-refractivity contribution in [3.8, 4) is 0 Å². The highest BCUT2D eigenvalue weighted by molar-refractivity contribution is 6.38. The molecule has 1 heterocycles. The van der Waals surface area contributed by atoms with Gasteiger partial charge in [0.15, 0.2) is 5.58 Å². The van der Waals surface area contributed by atoms with Gasteiger partial charge in [-0.25, -0.2) is 0 Å². The summed E-state index contributed by atoms with van der Waals surface area (Å²) in [6.07, 6.45) is 1.64. The third-order valence-electron chi connectivity index (χ3n) is 2.18. The van der Waals surface area contributed by atoms with Gasteiger partial charge >= 0.3 is 0 Å². The SMILES string of the molecule is NCCCc1noc2c(Cl)cc(Cl)cc12. The van der Waals surface area contributed by atoms with Crippen LogP contribution < -0.4 is 5.73 Å². The van der Waals surface area contributed by atoms with Crippen LogP contribution in [-0.2, 0) is 6.42 Å². The summed E-state index contributed by atoms with van der Waals surface area (Å²) >= 11 is 11.9. The highest BCUT2D eigenvalue weighted by Gasteiger charge is 2.11. The second-order valence-corrected chi connectivity index (χ2v) is 4.13. The molecule has 0 radical (unpaired) electrons. The average molecular weight is 245 g/mol. The number of nitrogens with zero attached hydrogens (tertiary/aromatic N) is 1. The van der Waals surface area contributed by atoms with Gasteiger partial charge in [0.25, 0.3) is 0 Å². The molecule has 2 rings (SSSR count). The van der Waals surface area contributed by atoms with E-state index in [0.29, 0.717) is 22.2 Å². The number of aromatic nitrogens is 1. The number of rotatable bonds is 3. The van der Waals surface area contributed by atoms with Gasteiger partial charge in [-0.15, -0.1) is 0 Å². The Morgan fingerprint density at radius 1 is 1.33 bits per heavy atom. The zero-order valence-corrected chi connectivity index (χ0v) is 9.48. The zero-order chi connectivity index (χ0) is 10.8. The van der Waals surface area contributed by atoms with Gasteiger partial charge in [0, 0.05) is 10.4 Å². The molecule has 3 nitrogen and oxygen atoms in total. The third kappa shape index (κ3) is 2.09. The Bertz CT molecular complexity index is 481. The maximum absolute atomic E-state index is 5.97. The molecule has 1 aromatic heterocycles. The van der Waals surface area contributed by atoms with Crippen LogP contribution in [0.5, 0.6) is 0 Å². The smallest absolute Gasteiger partial charge is 0.185 e. The van der Waals surface area contributed by atoms with Crippen molar-refractivity contribution in [1.29, 1.82) is 0 Å². The Kier molecular flexibility index (Phi) is 3.14. The van der Waals surface area contributed by atoms with E-state index in [4.69, 9.17) is 33.5 Å². The van der Waals surface area contributed by atoms with Crippen molar-refractivity contribution in [2.24, 2.45) is 5.73 Å². The van der Waals surface area contributed by atoms with E-state index in [1.807, 2.05) is 6.07 Å². The molecule has 1 aromatic carbocycles. The molecular formula is C10H10Cl2N2O. The topological polar surface area (TPSA) is 52.0 Å². The Balaban J connectivity index is 2.49. The molecule has 0 saturated heterocycles. The van der Waals surface area contributed by atoms with E-state index in [0.717, 1.165) is 23.9 Å². The van der Waals surface area contributed by atoms with Crippen molar-refractivity contribution < 1.29 is 4.52 Å². The molecule has 0 fully saturated rings. The number of halogens is 2. The number of aryl methyl sites for hydroxylation is 1. The van der Waals surface area contributed by atoms with Gasteiger partial charge in [0.2, 0.25) is 0 Å². The summed E-state index contributed by atoms with van der Waals surface area (Å²) in [6.45, 7) is 0.628. The number of hydrogen-bond donors (Lipinski definition) is 1. The van der Waals surface area contributed by atoms with Crippen LogP contribution in [0.1, 0.15) is 12.1 Å². The molecule has 0 saturated carbocycles. The van der Waals surface area contributed by atoms with Crippen molar-refractivity contribution in [3.05, 3.63) is 27.9 Å². The number of fused-ring (bicyclic) bond motifs is 1. The first-order valence-corrected chi connectivity index (χ1v) is 5.41. The van der Waals surface area contributed by atoms with Gasteiger partial charge in [-0.05, 0) is 31.5 Å². The molecule has 0 spiro atoms. The molecule has 0 bridgehead atoms. The standard InChI is InChI=1S/C10H10Cl2N2O/c11-6-4-7-9(2-1-3-13)14-15-10(7)8(12)5-6/h4-5H,1-3,13H2. The monoisotopic (exact) mass is 244 g/mol. The van der Waals surface area contributed by atoms with Gasteiger partial charge < -0.3 is 10.3 Å². The van der Waals surface area contributed by atoms with Gasteiger partial charge in [-0.1, -0.05) is 28.4 Å². The van der Waals surface area contributed by atoms with Crippen molar-refractivity contribution in [3.63, 3.8) is 0 Å². The zero-order valence-electron chi connectivity index (χ0n) is 7.96. The summed E-state index contributed by atoms with van der Waals surface area (Å²) in [7, 11) is 0. The quantitative estimate of drug-likeness (QED) is 0.904. The Morgan fingerprint density at radius 2 is 2.13 bits per heavy atom. The molecule has 2 N–H and O–H groups in total. The van der Waals surface area contributed by atoms with Crippen LogP contribution in [0.4, 0.5) is 0 Å². The number of hydrogen-bond acceptors (Lipinski definition) is 3. The molecule has 80 valence electrons. The van der Waals surface area contributed by atoms with Gasteiger partial charge in [0.1, 0.15) is 0 Å². The van der Waals surface area contributed by atoms with Gasteiger partial charge in [-0.2, -0.15) is 0 Å². The maximum Gasteiger partial charge on any atom is 0.185 e. The Labute approximate surface area is 97.1 Å². The first-order valence-electron chi connectivity index (χ1n) is 4.65. The third-order valence-corrected chi connectivity index (χ3v) is 2.68. The van der Waals surface area contributed by atoms with Crippen LogP contribution in [0.25, 0.3) is 11.0 Å². The lowest BCUT2D eigenvalue weighted by atomic mass is 10.1. The second kappa shape index (κ2) is 4.39. The lowest BCUT2D eigenvalue weighted by molar-refractivity contribution is 0.445. The van der Waals surface area contributed by atoms with E-state index < -0.39 is 0 Å². The van der Waals surface area contributed by atoms with Crippen LogP contribution in [0.3, 0.4) is 0 Å². The van der Waals surface area contributed by atoms with Gasteiger partial charge in [-0.3, -0.25) is 0 Å². The average Bonchev–Trinajstić information content (AvgIpc) is 2.58. The second-order valence-electron chi connectivity index (χ2n) is 3.29. The van der Waals surface area contributed by atoms with Crippen molar-refractivity contribution in [1.82, 2.24) is 5.16 Å². The summed E-state index contributed by atoms with van der Waals surface area (Å²) in [5, 5.41) is 5.91. The summed E-state index contributed by atoms with van der Waals surface area (Å²) in [6, 6.07) is 3.45. The van der Waals surface area contributed by atoms with E-state index in [2.05, 4.69) is 5.16 Å². The predicted octanol–water partition coefficient (Wildman–Crippen LogP) is 3.03. The molecule has 2 aromatic rings. The molecule has 0 aliphatic carbocycles. The van der Waals surface area contributed by atoms with E-state index >= 15 is 0 Å². The minimum Gasteiger partial charge on any atom is -0.354 e. The molecule has 0 aliphatic rings. The minimum absolute atomic E-state index is 0.490. The minimum atomic E-state index is 0.490. The van der Waals surface area contributed by atoms with Crippen molar-refractivity contribution in [2.75, 3.05) is 6.54 Å². The lowest BCUT2D eigenvalue weighted by Crippen LogP contribution is -2.00. The first-order chi connectivity index (χ1) is 7.22. The fourth-order valence-corrected chi connectivity index (χ4v) is 2.00. The fraction of sp³-hybridized carbons (Fsp3) is 0.300. The van der Waals surface area contributed by atoms with Gasteiger partial charge in [0.05, 0.1) is 10.7 Å². The van der Waals surface area contributed by atoms with Crippen molar-refractivity contribution in [2.45, 2.75) is 12.8 Å². The van der Waals surface area contributed by atoms with E-state index in [-0.39, 0.29) is 0 Å². The van der Waals surface area contributed by atoms with E-state index in [9.17, 15) is 0 Å². The van der Waals surface area contributed by atoms with Crippen LogP contribution in [0.2, 0.25) is 10.0 Å². The summed E-state index contributed by atoms with van der Waals surface area (Å²) in [4.78, 5) is 0. The molecule has 0 amide bonds. The van der Waals surface area contributed by atoms with E-state index in [1.165, 1.54) is 0 Å². The fourth-order valence-electron chi connectivity index (χ4n) is 1.47. The van der Waals surface area contributed by atoms with Crippen LogP contribution in [0, 0.1) is 0 Å². The Morgan fingerprint density at radius 3 is 2.87 bits per heavy atom. The van der Waals surface area contributed by atoms with E-state index in [1.54, 1.807) is 6.07 Å². The molecule has 15 heavy (non-hydrogen) atoms. The van der Waals surface area contributed by atoms with Crippen LogP contribution in [0.15, 0.2) is 16.7 Å². The number of benzene rings is 1. The summed E-state index contributed by atoms with van der Waals surface area (Å²) < 4.78 is 5.15. The maximum atomic E-state index is 5.97. The Hall–Kier alpha value is -0.770. The molecule has 0 aliphatic heterocycles. The van der Waals surface area contributed by atoms with Crippen LogP contribution >= 0.6 is 23.2 Å². The molecule has 5 heteroatoms. The molecule has 0 atom stereocenters.